The second kappa shape index (κ2) is 11.1. The molecule has 5 nitrogen and oxygen atoms in total. The van der Waals surface area contributed by atoms with Crippen LogP contribution >= 0.6 is 12.4 Å². The highest BCUT2D eigenvalue weighted by Gasteiger charge is 2.22. The Kier molecular flexibility index (Phi) is 10.3. The van der Waals surface area contributed by atoms with E-state index in [4.69, 9.17) is 4.74 Å². The summed E-state index contributed by atoms with van der Waals surface area (Å²) in [7, 11) is 1.78. The molecule has 21 heavy (non-hydrogen) atoms. The molecule has 1 aromatic rings. The first kappa shape index (κ1) is 19.4. The maximum Gasteiger partial charge on any atom is 0.328 e. The number of esters is 1. The molecule has 0 heterocycles. The minimum Gasteiger partial charge on any atom is -0.464 e. The lowest BCUT2D eigenvalue weighted by molar-refractivity contribution is -0.147. The smallest absolute Gasteiger partial charge is 0.328 e. The van der Waals surface area contributed by atoms with Gasteiger partial charge in [-0.2, -0.15) is 0 Å². The predicted molar refractivity (Wildman–Crippen MR) is 84.5 cm³/mol. The van der Waals surface area contributed by atoms with Gasteiger partial charge in [-0.15, -0.1) is 12.4 Å². The molecular formula is C15H23ClN2O3. The van der Waals surface area contributed by atoms with Crippen LogP contribution in [0.4, 0.5) is 0 Å². The molecule has 1 unspecified atom stereocenters. The van der Waals surface area contributed by atoms with Crippen LogP contribution in [-0.4, -0.2) is 38.1 Å². The Bertz CT molecular complexity index is 426. The maximum absolute atomic E-state index is 11.9. The van der Waals surface area contributed by atoms with E-state index in [1.807, 2.05) is 30.3 Å². The summed E-state index contributed by atoms with van der Waals surface area (Å²) < 4.78 is 5.01. The van der Waals surface area contributed by atoms with E-state index in [0.717, 1.165) is 5.56 Å². The zero-order valence-corrected chi connectivity index (χ0v) is 13.2. The zero-order chi connectivity index (χ0) is 14.8. The molecule has 1 amide bonds. The van der Waals surface area contributed by atoms with Crippen LogP contribution in [0.3, 0.4) is 0 Å². The summed E-state index contributed by atoms with van der Waals surface area (Å²) >= 11 is 0. The lowest BCUT2D eigenvalue weighted by Gasteiger charge is -2.17. The highest BCUT2D eigenvalue weighted by Crippen LogP contribution is 2.05. The van der Waals surface area contributed by atoms with Crippen LogP contribution in [0.15, 0.2) is 30.3 Å². The number of amides is 1. The van der Waals surface area contributed by atoms with Gasteiger partial charge in [0.1, 0.15) is 6.04 Å². The second-order valence-corrected chi connectivity index (χ2v) is 4.42. The summed E-state index contributed by atoms with van der Waals surface area (Å²) in [6, 6.07) is 8.93. The summed E-state index contributed by atoms with van der Waals surface area (Å²) in [6.07, 6.45) is 0.770. The topological polar surface area (TPSA) is 67.4 Å². The lowest BCUT2D eigenvalue weighted by atomic mass is 10.1. The first-order chi connectivity index (χ1) is 9.67. The van der Waals surface area contributed by atoms with E-state index < -0.39 is 12.0 Å². The van der Waals surface area contributed by atoms with E-state index in [0.29, 0.717) is 26.0 Å². The summed E-state index contributed by atoms with van der Waals surface area (Å²) in [5.74, 6) is -0.553. The van der Waals surface area contributed by atoms with E-state index in [-0.39, 0.29) is 18.3 Å². The van der Waals surface area contributed by atoms with Crippen molar-refractivity contribution >= 4 is 24.3 Å². The van der Waals surface area contributed by atoms with E-state index in [1.54, 1.807) is 14.0 Å². The Morgan fingerprint density at radius 3 is 2.48 bits per heavy atom. The number of hydrogen-bond acceptors (Lipinski definition) is 4. The average Bonchev–Trinajstić information content (AvgIpc) is 2.46. The number of benzene rings is 1. The van der Waals surface area contributed by atoms with Gasteiger partial charge in [0.2, 0.25) is 5.91 Å². The molecule has 0 fully saturated rings. The van der Waals surface area contributed by atoms with Crippen molar-refractivity contribution in [2.45, 2.75) is 25.8 Å². The van der Waals surface area contributed by atoms with Gasteiger partial charge in [0, 0.05) is 19.4 Å². The van der Waals surface area contributed by atoms with E-state index >= 15 is 0 Å². The Balaban J connectivity index is 0.00000400. The molecule has 1 rings (SSSR count). The van der Waals surface area contributed by atoms with Crippen molar-refractivity contribution in [3.05, 3.63) is 35.9 Å². The third kappa shape index (κ3) is 7.68. The zero-order valence-electron chi connectivity index (χ0n) is 12.4. The van der Waals surface area contributed by atoms with Crippen LogP contribution in [0.1, 0.15) is 18.9 Å². The molecule has 0 spiro atoms. The van der Waals surface area contributed by atoms with Crippen LogP contribution < -0.4 is 10.6 Å². The highest BCUT2D eigenvalue weighted by atomic mass is 35.5. The van der Waals surface area contributed by atoms with E-state index in [1.165, 1.54) is 0 Å². The van der Waals surface area contributed by atoms with Gasteiger partial charge >= 0.3 is 5.97 Å². The Labute approximate surface area is 131 Å². The van der Waals surface area contributed by atoms with Gasteiger partial charge in [-0.05, 0) is 19.5 Å². The van der Waals surface area contributed by atoms with Crippen LogP contribution in [-0.2, 0) is 20.7 Å². The molecule has 2 N–H and O–H groups in total. The van der Waals surface area contributed by atoms with Crippen molar-refractivity contribution in [1.29, 1.82) is 0 Å². The van der Waals surface area contributed by atoms with Crippen molar-refractivity contribution in [2.75, 3.05) is 20.2 Å². The minimum absolute atomic E-state index is 0. The largest absolute Gasteiger partial charge is 0.464 e. The highest BCUT2D eigenvalue weighted by molar-refractivity contribution is 5.85. The Morgan fingerprint density at radius 1 is 1.24 bits per heavy atom. The van der Waals surface area contributed by atoms with Gasteiger partial charge in [0.05, 0.1) is 6.61 Å². The average molecular weight is 315 g/mol. The number of rotatable bonds is 8. The summed E-state index contributed by atoms with van der Waals surface area (Å²) in [6.45, 7) is 2.63. The quantitative estimate of drug-likeness (QED) is 0.710. The van der Waals surface area contributed by atoms with Crippen molar-refractivity contribution < 1.29 is 14.3 Å². The number of carbonyl (C=O) groups is 2. The van der Waals surface area contributed by atoms with Crippen molar-refractivity contribution in [3.63, 3.8) is 0 Å². The first-order valence-corrected chi connectivity index (χ1v) is 6.82. The molecule has 0 aliphatic rings. The summed E-state index contributed by atoms with van der Waals surface area (Å²) in [4.78, 5) is 23.7. The number of nitrogens with one attached hydrogen (secondary N) is 2. The fourth-order valence-corrected chi connectivity index (χ4v) is 1.79. The van der Waals surface area contributed by atoms with Gasteiger partial charge < -0.3 is 15.4 Å². The second-order valence-electron chi connectivity index (χ2n) is 4.42. The third-order valence-corrected chi connectivity index (χ3v) is 2.79. The molecule has 1 aromatic carbocycles. The minimum atomic E-state index is -0.637. The molecule has 118 valence electrons. The predicted octanol–water partition coefficient (Wildman–Crippen LogP) is 1.31. The number of ether oxygens (including phenoxy) is 1. The maximum atomic E-state index is 11.9. The molecule has 0 saturated carbocycles. The van der Waals surface area contributed by atoms with E-state index in [9.17, 15) is 9.59 Å². The van der Waals surface area contributed by atoms with Crippen molar-refractivity contribution in [1.82, 2.24) is 10.6 Å². The SMILES string of the molecule is CCOC(=O)C(Cc1ccccc1)NC(=O)CCNC.Cl. The van der Waals surface area contributed by atoms with Crippen LogP contribution in [0.25, 0.3) is 0 Å². The summed E-state index contributed by atoms with van der Waals surface area (Å²) in [5, 5.41) is 5.63. The molecule has 0 bridgehead atoms. The molecule has 1 atom stereocenters. The van der Waals surface area contributed by atoms with E-state index in [2.05, 4.69) is 10.6 Å². The molecule has 0 aliphatic carbocycles. The summed E-state index contributed by atoms with van der Waals surface area (Å²) in [5.41, 5.74) is 0.986. The number of halogens is 1. The molecule has 0 aliphatic heterocycles. The first-order valence-electron chi connectivity index (χ1n) is 6.82. The standard InChI is InChI=1S/C15H22N2O3.ClH/c1-3-20-15(19)13(17-14(18)9-10-16-2)11-12-7-5-4-6-8-12;/h4-8,13,16H,3,9-11H2,1-2H3,(H,17,18);1H. The molecule has 0 aromatic heterocycles. The van der Waals surface area contributed by atoms with Crippen LogP contribution in [0.5, 0.6) is 0 Å². The Hall–Kier alpha value is -1.59. The molecular weight excluding hydrogens is 292 g/mol. The third-order valence-electron chi connectivity index (χ3n) is 2.79. The fraction of sp³-hybridized carbons (Fsp3) is 0.467. The molecule has 6 heteroatoms. The lowest BCUT2D eigenvalue weighted by Crippen LogP contribution is -2.44. The monoisotopic (exact) mass is 314 g/mol. The van der Waals surface area contributed by atoms with Gasteiger partial charge in [-0.1, -0.05) is 30.3 Å². The fourth-order valence-electron chi connectivity index (χ4n) is 1.79. The molecule has 0 saturated heterocycles. The Morgan fingerprint density at radius 2 is 1.90 bits per heavy atom. The van der Waals surface area contributed by atoms with Crippen LogP contribution in [0, 0.1) is 0 Å². The number of carbonyl (C=O) groups excluding carboxylic acids is 2. The van der Waals surface area contributed by atoms with Gasteiger partial charge in [-0.25, -0.2) is 4.79 Å². The van der Waals surface area contributed by atoms with Gasteiger partial charge in [0.15, 0.2) is 0 Å². The molecule has 0 radical (unpaired) electrons. The van der Waals surface area contributed by atoms with Crippen LogP contribution in [0.2, 0.25) is 0 Å². The van der Waals surface area contributed by atoms with Crippen molar-refractivity contribution in [3.8, 4) is 0 Å². The van der Waals surface area contributed by atoms with Crippen molar-refractivity contribution in [2.24, 2.45) is 0 Å². The normalized spacial score (nSPS) is 11.1. The van der Waals surface area contributed by atoms with Gasteiger partial charge in [-0.3, -0.25) is 4.79 Å². The van der Waals surface area contributed by atoms with Gasteiger partial charge in [0.25, 0.3) is 0 Å². The number of hydrogen-bond donors (Lipinski definition) is 2.